The van der Waals surface area contributed by atoms with Crippen LogP contribution in [0.15, 0.2) is 24.4 Å². The zero-order chi connectivity index (χ0) is 11.7. The Morgan fingerprint density at radius 2 is 2.12 bits per heavy atom. The fourth-order valence-electron chi connectivity index (χ4n) is 2.33. The third-order valence-corrected chi connectivity index (χ3v) is 3.31. The maximum absolute atomic E-state index is 5.64. The number of aryl methyl sites for hydroxylation is 2. The van der Waals surface area contributed by atoms with E-state index in [2.05, 4.69) is 49.9 Å². The molecule has 1 unspecified atom stereocenters. The van der Waals surface area contributed by atoms with E-state index in [1.54, 1.807) is 0 Å². The van der Waals surface area contributed by atoms with Gasteiger partial charge in [-0.05, 0) is 43.5 Å². The Bertz CT molecular complexity index is 497. The molecule has 86 valence electrons. The molecule has 16 heavy (non-hydrogen) atoms. The standard InChI is InChI=1S/C14H20N2/c1-10-4-5-14-12(8-10)13(9-16(14)3)11(2)6-7-15/h4-5,8-9,11H,6-7,15H2,1-3H3. The van der Waals surface area contributed by atoms with Crippen molar-refractivity contribution in [2.75, 3.05) is 6.54 Å². The van der Waals surface area contributed by atoms with Crippen LogP contribution in [-0.4, -0.2) is 11.1 Å². The zero-order valence-electron chi connectivity index (χ0n) is 10.3. The summed E-state index contributed by atoms with van der Waals surface area (Å²) in [6.45, 7) is 5.15. The molecule has 1 aromatic heterocycles. The Labute approximate surface area is 97.1 Å². The van der Waals surface area contributed by atoms with E-state index >= 15 is 0 Å². The number of fused-ring (bicyclic) bond motifs is 1. The predicted octanol–water partition coefficient (Wildman–Crippen LogP) is 2.94. The lowest BCUT2D eigenvalue weighted by molar-refractivity contribution is 0.692. The topological polar surface area (TPSA) is 30.9 Å². The summed E-state index contributed by atoms with van der Waals surface area (Å²) < 4.78 is 2.21. The number of nitrogens with two attached hydrogens (primary N) is 1. The van der Waals surface area contributed by atoms with Crippen molar-refractivity contribution in [2.45, 2.75) is 26.2 Å². The first-order valence-electron chi connectivity index (χ1n) is 5.89. The lowest BCUT2D eigenvalue weighted by Crippen LogP contribution is -2.04. The summed E-state index contributed by atoms with van der Waals surface area (Å²) in [7, 11) is 2.11. The van der Waals surface area contributed by atoms with E-state index in [1.807, 2.05) is 0 Å². The van der Waals surface area contributed by atoms with Gasteiger partial charge in [0.1, 0.15) is 0 Å². The number of aromatic nitrogens is 1. The Hall–Kier alpha value is -1.28. The highest BCUT2D eigenvalue weighted by Crippen LogP contribution is 2.29. The largest absolute Gasteiger partial charge is 0.350 e. The summed E-state index contributed by atoms with van der Waals surface area (Å²) in [5, 5.41) is 1.38. The van der Waals surface area contributed by atoms with Crippen LogP contribution in [0, 0.1) is 6.92 Å². The second-order valence-corrected chi connectivity index (χ2v) is 4.69. The smallest absolute Gasteiger partial charge is 0.0480 e. The number of hydrogen-bond donors (Lipinski definition) is 1. The van der Waals surface area contributed by atoms with Crippen molar-refractivity contribution in [1.82, 2.24) is 4.57 Å². The molecule has 0 amide bonds. The molecule has 0 fully saturated rings. The molecule has 0 radical (unpaired) electrons. The van der Waals surface area contributed by atoms with E-state index < -0.39 is 0 Å². The lowest BCUT2D eigenvalue weighted by atomic mass is 9.97. The van der Waals surface area contributed by atoms with E-state index in [4.69, 9.17) is 5.73 Å². The number of hydrogen-bond acceptors (Lipinski definition) is 1. The van der Waals surface area contributed by atoms with Gasteiger partial charge >= 0.3 is 0 Å². The second-order valence-electron chi connectivity index (χ2n) is 4.69. The summed E-state index contributed by atoms with van der Waals surface area (Å²) in [5.74, 6) is 0.537. The molecule has 1 heterocycles. The van der Waals surface area contributed by atoms with Gasteiger partial charge in [-0.15, -0.1) is 0 Å². The molecular formula is C14H20N2. The summed E-state index contributed by atoms with van der Waals surface area (Å²) in [4.78, 5) is 0. The third-order valence-electron chi connectivity index (χ3n) is 3.31. The van der Waals surface area contributed by atoms with Crippen LogP contribution in [-0.2, 0) is 7.05 Å². The van der Waals surface area contributed by atoms with E-state index in [-0.39, 0.29) is 0 Å². The molecule has 0 aliphatic carbocycles. The Balaban J connectivity index is 2.56. The molecule has 2 N–H and O–H groups in total. The average molecular weight is 216 g/mol. The minimum atomic E-state index is 0.537. The monoisotopic (exact) mass is 216 g/mol. The van der Waals surface area contributed by atoms with Crippen molar-refractivity contribution in [3.05, 3.63) is 35.5 Å². The van der Waals surface area contributed by atoms with Gasteiger partial charge < -0.3 is 10.3 Å². The van der Waals surface area contributed by atoms with Crippen molar-refractivity contribution in [2.24, 2.45) is 12.8 Å². The van der Waals surface area contributed by atoms with Crippen molar-refractivity contribution >= 4 is 10.9 Å². The van der Waals surface area contributed by atoms with Crippen LogP contribution in [0.4, 0.5) is 0 Å². The molecule has 0 aliphatic rings. The molecule has 0 bridgehead atoms. The van der Waals surface area contributed by atoms with Gasteiger partial charge in [0.05, 0.1) is 0 Å². The minimum absolute atomic E-state index is 0.537. The second kappa shape index (κ2) is 4.30. The Kier molecular flexibility index (Phi) is 3.01. The molecule has 0 saturated heterocycles. The van der Waals surface area contributed by atoms with Crippen LogP contribution in [0.1, 0.15) is 30.4 Å². The van der Waals surface area contributed by atoms with E-state index in [0.717, 1.165) is 13.0 Å². The highest BCUT2D eigenvalue weighted by molar-refractivity contribution is 5.85. The van der Waals surface area contributed by atoms with E-state index in [1.165, 1.54) is 22.0 Å². The van der Waals surface area contributed by atoms with Crippen LogP contribution in [0.3, 0.4) is 0 Å². The lowest BCUT2D eigenvalue weighted by Gasteiger charge is -2.08. The molecule has 0 aliphatic heterocycles. The van der Waals surface area contributed by atoms with Gasteiger partial charge in [0, 0.05) is 24.1 Å². The highest BCUT2D eigenvalue weighted by Gasteiger charge is 2.12. The molecule has 2 rings (SSSR count). The van der Waals surface area contributed by atoms with Gasteiger partial charge in [-0.1, -0.05) is 18.6 Å². The van der Waals surface area contributed by atoms with Crippen molar-refractivity contribution in [3.8, 4) is 0 Å². The minimum Gasteiger partial charge on any atom is -0.350 e. The SMILES string of the molecule is Cc1ccc2c(c1)c(C(C)CCN)cn2C. The Morgan fingerprint density at radius 1 is 1.38 bits per heavy atom. The van der Waals surface area contributed by atoms with Gasteiger partial charge in [0.15, 0.2) is 0 Å². The van der Waals surface area contributed by atoms with Crippen LogP contribution >= 0.6 is 0 Å². The maximum atomic E-state index is 5.64. The molecule has 1 atom stereocenters. The molecule has 0 spiro atoms. The number of rotatable bonds is 3. The summed E-state index contributed by atoms with van der Waals surface area (Å²) in [5.41, 5.74) is 9.69. The van der Waals surface area contributed by atoms with Crippen LogP contribution in [0.5, 0.6) is 0 Å². The van der Waals surface area contributed by atoms with Crippen molar-refractivity contribution in [1.29, 1.82) is 0 Å². The van der Waals surface area contributed by atoms with Gasteiger partial charge in [0.25, 0.3) is 0 Å². The highest BCUT2D eigenvalue weighted by atomic mass is 14.9. The number of nitrogens with zero attached hydrogens (tertiary/aromatic N) is 1. The quantitative estimate of drug-likeness (QED) is 0.840. The summed E-state index contributed by atoms with van der Waals surface area (Å²) in [6.07, 6.45) is 3.29. The molecule has 1 aromatic carbocycles. The third kappa shape index (κ3) is 1.85. The zero-order valence-corrected chi connectivity index (χ0v) is 10.3. The molecule has 2 nitrogen and oxygen atoms in total. The average Bonchev–Trinajstić information content (AvgIpc) is 2.56. The summed E-state index contributed by atoms with van der Waals surface area (Å²) >= 11 is 0. The Morgan fingerprint density at radius 3 is 2.81 bits per heavy atom. The first-order chi connectivity index (χ1) is 7.63. The van der Waals surface area contributed by atoms with Crippen LogP contribution in [0.25, 0.3) is 10.9 Å². The van der Waals surface area contributed by atoms with Crippen LogP contribution in [0.2, 0.25) is 0 Å². The number of benzene rings is 1. The van der Waals surface area contributed by atoms with Gasteiger partial charge in [-0.2, -0.15) is 0 Å². The first kappa shape index (κ1) is 11.2. The molecular weight excluding hydrogens is 196 g/mol. The first-order valence-corrected chi connectivity index (χ1v) is 5.89. The van der Waals surface area contributed by atoms with E-state index in [9.17, 15) is 0 Å². The maximum Gasteiger partial charge on any atom is 0.0480 e. The fourth-order valence-corrected chi connectivity index (χ4v) is 2.33. The van der Waals surface area contributed by atoms with Gasteiger partial charge in [-0.25, -0.2) is 0 Å². The van der Waals surface area contributed by atoms with Crippen molar-refractivity contribution < 1.29 is 0 Å². The van der Waals surface area contributed by atoms with Gasteiger partial charge in [-0.3, -0.25) is 0 Å². The van der Waals surface area contributed by atoms with Crippen LogP contribution < -0.4 is 5.73 Å². The van der Waals surface area contributed by atoms with Crippen molar-refractivity contribution in [3.63, 3.8) is 0 Å². The normalized spacial score (nSPS) is 13.2. The molecule has 0 saturated carbocycles. The predicted molar refractivity (Wildman–Crippen MR) is 69.7 cm³/mol. The fraction of sp³-hybridized carbons (Fsp3) is 0.429. The molecule has 2 aromatic rings. The van der Waals surface area contributed by atoms with E-state index in [0.29, 0.717) is 5.92 Å². The molecule has 2 heteroatoms. The summed E-state index contributed by atoms with van der Waals surface area (Å²) in [6, 6.07) is 6.64. The van der Waals surface area contributed by atoms with Gasteiger partial charge in [0.2, 0.25) is 0 Å².